The number of methoxy groups -OCH3 is 1. The smallest absolute Gasteiger partial charge is 0.253 e. The molecule has 1 amide bonds. The number of nitrogens with zero attached hydrogens (tertiary/aromatic N) is 1. The summed E-state index contributed by atoms with van der Waals surface area (Å²) in [5.41, 5.74) is 1.73. The van der Waals surface area contributed by atoms with Gasteiger partial charge in [0.25, 0.3) is 5.91 Å². The number of amides is 1. The summed E-state index contributed by atoms with van der Waals surface area (Å²) in [6.45, 7) is 0.204. The van der Waals surface area contributed by atoms with Gasteiger partial charge in [0.2, 0.25) is 0 Å². The Labute approximate surface area is 154 Å². The van der Waals surface area contributed by atoms with Gasteiger partial charge in [-0.15, -0.1) is 0 Å². The fourth-order valence-corrected chi connectivity index (χ4v) is 2.62. The van der Waals surface area contributed by atoms with Crippen LogP contribution in [0.5, 0.6) is 5.75 Å². The molecule has 0 bridgehead atoms. The van der Waals surface area contributed by atoms with Crippen molar-refractivity contribution in [2.45, 2.75) is 6.54 Å². The predicted octanol–water partition coefficient (Wildman–Crippen LogP) is 4.59. The Morgan fingerprint density at radius 3 is 2.84 bits per heavy atom. The zero-order valence-electron chi connectivity index (χ0n) is 13.3. The highest BCUT2D eigenvalue weighted by Gasteiger charge is 2.13. The molecule has 1 heterocycles. The molecule has 0 aliphatic rings. The zero-order chi connectivity index (χ0) is 17.8. The number of hydrogen-bond donors (Lipinski definition) is 1. The minimum absolute atomic E-state index is 0.204. The molecule has 0 radical (unpaired) electrons. The topological polar surface area (TPSA) is 64.4 Å². The molecule has 7 heteroatoms. The fourth-order valence-electron chi connectivity index (χ4n) is 2.25. The summed E-state index contributed by atoms with van der Waals surface area (Å²) in [5.74, 6) is 0.974. The lowest BCUT2D eigenvalue weighted by Gasteiger charge is -2.05. The third-order valence-corrected chi connectivity index (χ3v) is 4.08. The maximum atomic E-state index is 12.2. The van der Waals surface area contributed by atoms with Crippen molar-refractivity contribution in [3.63, 3.8) is 0 Å². The van der Waals surface area contributed by atoms with E-state index in [1.165, 1.54) is 6.07 Å². The van der Waals surface area contributed by atoms with Crippen LogP contribution in [0.15, 0.2) is 53.1 Å². The minimum atomic E-state index is -0.335. The second-order valence-corrected chi connectivity index (χ2v) is 6.06. The average molecular weight is 377 g/mol. The van der Waals surface area contributed by atoms with Crippen molar-refractivity contribution in [2.75, 3.05) is 7.11 Å². The van der Waals surface area contributed by atoms with Crippen LogP contribution in [0.1, 0.15) is 16.1 Å². The van der Waals surface area contributed by atoms with Crippen LogP contribution >= 0.6 is 23.2 Å². The summed E-state index contributed by atoms with van der Waals surface area (Å²) in [5, 5.41) is 7.48. The Balaban J connectivity index is 1.69. The normalized spacial score (nSPS) is 10.5. The highest BCUT2D eigenvalue weighted by molar-refractivity contribution is 6.35. The number of benzene rings is 2. The first-order valence-electron chi connectivity index (χ1n) is 7.40. The third-order valence-electron chi connectivity index (χ3n) is 3.52. The summed E-state index contributed by atoms with van der Waals surface area (Å²) in [6, 6.07) is 13.9. The van der Waals surface area contributed by atoms with Crippen LogP contribution in [0.25, 0.3) is 11.3 Å². The number of ether oxygens (including phenoxy) is 1. The first-order chi connectivity index (χ1) is 12.1. The molecule has 2 aromatic carbocycles. The van der Waals surface area contributed by atoms with Crippen LogP contribution in [0, 0.1) is 0 Å². The standard InChI is InChI=1S/C18H14Cl2N2O3/c1-24-14-4-2-3-11(7-14)17-9-13(22-25-17)10-21-18(23)15-8-12(19)5-6-16(15)20/h2-9H,10H2,1H3,(H,21,23). The Kier molecular flexibility index (Phi) is 5.26. The maximum Gasteiger partial charge on any atom is 0.253 e. The van der Waals surface area contributed by atoms with Crippen LogP contribution in [-0.2, 0) is 6.54 Å². The minimum Gasteiger partial charge on any atom is -0.497 e. The van der Waals surface area contributed by atoms with Crippen molar-refractivity contribution in [3.05, 3.63) is 69.8 Å². The van der Waals surface area contributed by atoms with E-state index in [0.29, 0.717) is 27.1 Å². The molecule has 0 spiro atoms. The van der Waals surface area contributed by atoms with E-state index in [-0.39, 0.29) is 12.5 Å². The fraction of sp³-hybridized carbons (Fsp3) is 0.111. The first-order valence-corrected chi connectivity index (χ1v) is 8.15. The predicted molar refractivity (Wildman–Crippen MR) is 96.1 cm³/mol. The summed E-state index contributed by atoms with van der Waals surface area (Å²) < 4.78 is 10.5. The van der Waals surface area contributed by atoms with Crippen molar-refractivity contribution in [2.24, 2.45) is 0 Å². The van der Waals surface area contributed by atoms with Crippen molar-refractivity contribution < 1.29 is 14.1 Å². The number of nitrogens with one attached hydrogen (secondary N) is 1. The summed E-state index contributed by atoms with van der Waals surface area (Å²) in [4.78, 5) is 12.2. The lowest BCUT2D eigenvalue weighted by molar-refractivity contribution is 0.0950. The van der Waals surface area contributed by atoms with E-state index < -0.39 is 0 Å². The van der Waals surface area contributed by atoms with Crippen molar-refractivity contribution in [1.82, 2.24) is 10.5 Å². The van der Waals surface area contributed by atoms with Gasteiger partial charge in [-0.3, -0.25) is 4.79 Å². The van der Waals surface area contributed by atoms with Gasteiger partial charge in [0, 0.05) is 16.7 Å². The molecule has 3 rings (SSSR count). The number of halogens is 2. The van der Waals surface area contributed by atoms with Crippen molar-refractivity contribution in [1.29, 1.82) is 0 Å². The Morgan fingerprint density at radius 2 is 2.04 bits per heavy atom. The molecule has 1 aromatic heterocycles. The van der Waals surface area contributed by atoms with Gasteiger partial charge >= 0.3 is 0 Å². The number of rotatable bonds is 5. The van der Waals surface area contributed by atoms with Crippen LogP contribution in [0.4, 0.5) is 0 Å². The van der Waals surface area contributed by atoms with Gasteiger partial charge < -0.3 is 14.6 Å². The van der Waals surface area contributed by atoms with Crippen LogP contribution in [0.3, 0.4) is 0 Å². The number of aromatic nitrogens is 1. The van der Waals surface area contributed by atoms with Crippen LogP contribution in [0.2, 0.25) is 10.0 Å². The van der Waals surface area contributed by atoms with Crippen molar-refractivity contribution in [3.8, 4) is 17.1 Å². The Hall–Kier alpha value is -2.50. The van der Waals surface area contributed by atoms with Gasteiger partial charge in [-0.25, -0.2) is 0 Å². The summed E-state index contributed by atoms with van der Waals surface area (Å²) >= 11 is 11.9. The summed E-state index contributed by atoms with van der Waals surface area (Å²) in [7, 11) is 1.60. The molecule has 0 aliphatic carbocycles. The van der Waals surface area contributed by atoms with Gasteiger partial charge in [-0.2, -0.15) is 0 Å². The SMILES string of the molecule is COc1cccc(-c2cc(CNC(=O)c3cc(Cl)ccc3Cl)no2)c1. The Morgan fingerprint density at radius 1 is 1.20 bits per heavy atom. The number of carbonyl (C=O) groups excluding carboxylic acids is 1. The largest absolute Gasteiger partial charge is 0.497 e. The zero-order valence-corrected chi connectivity index (χ0v) is 14.8. The van der Waals surface area contributed by atoms with E-state index in [2.05, 4.69) is 10.5 Å². The second kappa shape index (κ2) is 7.59. The molecule has 128 valence electrons. The molecule has 0 atom stereocenters. The van der Waals surface area contributed by atoms with Crippen LogP contribution < -0.4 is 10.1 Å². The van der Waals surface area contributed by atoms with E-state index in [9.17, 15) is 4.79 Å². The van der Waals surface area contributed by atoms with E-state index in [1.807, 2.05) is 24.3 Å². The van der Waals surface area contributed by atoms with Crippen molar-refractivity contribution >= 4 is 29.1 Å². The number of hydrogen-bond acceptors (Lipinski definition) is 4. The molecule has 3 aromatic rings. The number of carbonyl (C=O) groups is 1. The average Bonchev–Trinajstić information content (AvgIpc) is 3.11. The highest BCUT2D eigenvalue weighted by atomic mass is 35.5. The second-order valence-electron chi connectivity index (χ2n) is 5.22. The van der Waals surface area contributed by atoms with Crippen LogP contribution in [-0.4, -0.2) is 18.2 Å². The quantitative estimate of drug-likeness (QED) is 0.707. The van der Waals surface area contributed by atoms with E-state index in [1.54, 1.807) is 25.3 Å². The first kappa shape index (κ1) is 17.3. The van der Waals surface area contributed by atoms with Gasteiger partial charge in [0.05, 0.1) is 24.2 Å². The molecular formula is C18H14Cl2N2O3. The monoisotopic (exact) mass is 376 g/mol. The third kappa shape index (κ3) is 4.13. The molecule has 0 aliphatic heterocycles. The van der Waals surface area contributed by atoms with E-state index in [4.69, 9.17) is 32.5 Å². The molecule has 25 heavy (non-hydrogen) atoms. The van der Waals surface area contributed by atoms with E-state index >= 15 is 0 Å². The molecular weight excluding hydrogens is 363 g/mol. The molecule has 0 unspecified atom stereocenters. The molecule has 0 saturated carbocycles. The van der Waals surface area contributed by atoms with Gasteiger partial charge in [0.15, 0.2) is 5.76 Å². The molecule has 0 fully saturated rings. The van der Waals surface area contributed by atoms with Gasteiger partial charge in [-0.1, -0.05) is 40.5 Å². The maximum absolute atomic E-state index is 12.2. The van der Waals surface area contributed by atoms with Gasteiger partial charge in [-0.05, 0) is 30.3 Å². The summed E-state index contributed by atoms with van der Waals surface area (Å²) in [6.07, 6.45) is 0. The molecule has 0 saturated heterocycles. The Bertz CT molecular complexity index is 909. The highest BCUT2D eigenvalue weighted by Crippen LogP contribution is 2.24. The molecule has 1 N–H and O–H groups in total. The van der Waals surface area contributed by atoms with E-state index in [0.717, 1.165) is 11.3 Å². The molecule has 5 nitrogen and oxygen atoms in total. The lowest BCUT2D eigenvalue weighted by atomic mass is 10.1. The van der Waals surface area contributed by atoms with Gasteiger partial charge in [0.1, 0.15) is 11.4 Å². The lowest BCUT2D eigenvalue weighted by Crippen LogP contribution is -2.23.